The monoisotopic (exact) mass is 273 g/mol. The van der Waals surface area contributed by atoms with Gasteiger partial charge in [0, 0.05) is 11.6 Å². The molecule has 0 aromatic heterocycles. The average Bonchev–Trinajstić information content (AvgIpc) is 2.54. The van der Waals surface area contributed by atoms with E-state index in [0.29, 0.717) is 18.1 Å². The van der Waals surface area contributed by atoms with Crippen molar-refractivity contribution in [2.75, 3.05) is 6.61 Å². The van der Waals surface area contributed by atoms with E-state index in [1.165, 1.54) is 24.8 Å². The average molecular weight is 273 g/mol. The lowest BCUT2D eigenvalue weighted by Gasteiger charge is -2.48. The Morgan fingerprint density at radius 3 is 2.60 bits per heavy atom. The van der Waals surface area contributed by atoms with Crippen molar-refractivity contribution in [2.45, 2.75) is 69.6 Å². The zero-order valence-electron chi connectivity index (χ0n) is 12.8. The molecule has 1 saturated heterocycles. The highest BCUT2D eigenvalue weighted by Gasteiger charge is 2.41. The van der Waals surface area contributed by atoms with E-state index in [-0.39, 0.29) is 5.54 Å². The number of benzene rings is 1. The van der Waals surface area contributed by atoms with Gasteiger partial charge in [0.1, 0.15) is 0 Å². The first-order chi connectivity index (χ1) is 9.76. The van der Waals surface area contributed by atoms with E-state index < -0.39 is 0 Å². The SMILES string of the molecule is CCC1(CC)COC2CCC(c3ccccc3)CC2N1. The minimum atomic E-state index is 0.208. The van der Waals surface area contributed by atoms with Gasteiger partial charge in [0.2, 0.25) is 0 Å². The van der Waals surface area contributed by atoms with Crippen LogP contribution in [0.1, 0.15) is 57.4 Å². The topological polar surface area (TPSA) is 21.3 Å². The van der Waals surface area contributed by atoms with E-state index >= 15 is 0 Å². The van der Waals surface area contributed by atoms with Gasteiger partial charge in [0.15, 0.2) is 0 Å². The van der Waals surface area contributed by atoms with Gasteiger partial charge >= 0.3 is 0 Å². The second-order valence-corrected chi connectivity index (χ2v) is 6.51. The molecule has 0 bridgehead atoms. The number of fused-ring (bicyclic) bond motifs is 1. The lowest BCUT2D eigenvalue weighted by molar-refractivity contribution is -0.0829. The van der Waals surface area contributed by atoms with Crippen LogP contribution in [0.4, 0.5) is 0 Å². The molecule has 0 spiro atoms. The summed E-state index contributed by atoms with van der Waals surface area (Å²) in [6.45, 7) is 5.44. The van der Waals surface area contributed by atoms with Crippen molar-refractivity contribution in [1.29, 1.82) is 0 Å². The number of rotatable bonds is 3. The summed E-state index contributed by atoms with van der Waals surface area (Å²) in [5.74, 6) is 0.693. The number of morpholine rings is 1. The normalized spacial score (nSPS) is 32.6. The van der Waals surface area contributed by atoms with Crippen molar-refractivity contribution in [1.82, 2.24) is 5.32 Å². The molecular weight excluding hydrogens is 246 g/mol. The van der Waals surface area contributed by atoms with Gasteiger partial charge in [-0.1, -0.05) is 44.2 Å². The van der Waals surface area contributed by atoms with Gasteiger partial charge in [0.25, 0.3) is 0 Å². The van der Waals surface area contributed by atoms with Crippen LogP contribution in [0, 0.1) is 0 Å². The molecule has 0 amide bonds. The molecule has 1 N–H and O–H groups in total. The third-order valence-corrected chi connectivity index (χ3v) is 5.48. The van der Waals surface area contributed by atoms with Crippen molar-refractivity contribution < 1.29 is 4.74 Å². The van der Waals surface area contributed by atoms with Gasteiger partial charge < -0.3 is 10.1 Å². The number of nitrogens with one attached hydrogen (secondary N) is 1. The van der Waals surface area contributed by atoms with Crippen molar-refractivity contribution in [3.63, 3.8) is 0 Å². The number of ether oxygens (including phenoxy) is 1. The predicted molar refractivity (Wildman–Crippen MR) is 83.0 cm³/mol. The summed E-state index contributed by atoms with van der Waals surface area (Å²) in [6, 6.07) is 11.5. The van der Waals surface area contributed by atoms with E-state index in [4.69, 9.17) is 4.74 Å². The Morgan fingerprint density at radius 1 is 1.15 bits per heavy atom. The van der Waals surface area contributed by atoms with Crippen LogP contribution in [0.15, 0.2) is 30.3 Å². The van der Waals surface area contributed by atoms with Crippen molar-refractivity contribution in [3.05, 3.63) is 35.9 Å². The fourth-order valence-electron chi connectivity index (χ4n) is 3.88. The maximum Gasteiger partial charge on any atom is 0.0729 e. The molecule has 110 valence electrons. The van der Waals surface area contributed by atoms with Crippen LogP contribution in [-0.4, -0.2) is 24.3 Å². The van der Waals surface area contributed by atoms with Crippen LogP contribution in [0.25, 0.3) is 0 Å². The van der Waals surface area contributed by atoms with Gasteiger partial charge in [0.05, 0.1) is 12.7 Å². The van der Waals surface area contributed by atoms with Gasteiger partial charge in [-0.15, -0.1) is 0 Å². The van der Waals surface area contributed by atoms with E-state index in [9.17, 15) is 0 Å². The summed E-state index contributed by atoms with van der Waals surface area (Å²) in [6.07, 6.45) is 6.42. The quantitative estimate of drug-likeness (QED) is 0.902. The molecule has 3 unspecified atom stereocenters. The Balaban J connectivity index is 1.72. The van der Waals surface area contributed by atoms with Crippen LogP contribution in [0.5, 0.6) is 0 Å². The predicted octanol–water partition coefficient (Wildman–Crippen LogP) is 3.87. The minimum absolute atomic E-state index is 0.208. The molecule has 1 aromatic carbocycles. The molecule has 1 saturated carbocycles. The Bertz CT molecular complexity index is 426. The molecule has 1 heterocycles. The Labute approximate surface area is 122 Å². The lowest BCUT2D eigenvalue weighted by atomic mass is 9.77. The largest absolute Gasteiger partial charge is 0.375 e. The maximum atomic E-state index is 6.20. The molecular formula is C18H27NO. The summed E-state index contributed by atoms with van der Waals surface area (Å²) in [7, 11) is 0. The minimum Gasteiger partial charge on any atom is -0.375 e. The molecule has 2 nitrogen and oxygen atoms in total. The van der Waals surface area contributed by atoms with Gasteiger partial charge in [-0.25, -0.2) is 0 Å². The van der Waals surface area contributed by atoms with Crippen LogP contribution in [0.2, 0.25) is 0 Å². The van der Waals surface area contributed by atoms with E-state index in [2.05, 4.69) is 49.5 Å². The summed E-state index contributed by atoms with van der Waals surface area (Å²) in [4.78, 5) is 0. The fourth-order valence-corrected chi connectivity index (χ4v) is 3.88. The van der Waals surface area contributed by atoms with Crippen LogP contribution < -0.4 is 5.32 Å². The zero-order valence-corrected chi connectivity index (χ0v) is 12.8. The third kappa shape index (κ3) is 2.64. The molecule has 2 aliphatic rings. The zero-order chi connectivity index (χ0) is 14.0. The molecule has 3 rings (SSSR count). The summed E-state index contributed by atoms with van der Waals surface area (Å²) in [5.41, 5.74) is 1.71. The smallest absolute Gasteiger partial charge is 0.0729 e. The van der Waals surface area contributed by atoms with Crippen molar-refractivity contribution >= 4 is 0 Å². The summed E-state index contributed by atoms with van der Waals surface area (Å²) in [5, 5.41) is 3.94. The molecule has 0 radical (unpaired) electrons. The second kappa shape index (κ2) is 5.87. The molecule has 2 fully saturated rings. The third-order valence-electron chi connectivity index (χ3n) is 5.48. The molecule has 20 heavy (non-hydrogen) atoms. The highest BCUT2D eigenvalue weighted by atomic mass is 16.5. The summed E-state index contributed by atoms with van der Waals surface area (Å²) < 4.78 is 6.20. The Morgan fingerprint density at radius 2 is 1.90 bits per heavy atom. The van der Waals surface area contributed by atoms with Crippen LogP contribution in [0.3, 0.4) is 0 Å². The molecule has 2 heteroatoms. The fraction of sp³-hybridized carbons (Fsp3) is 0.667. The van der Waals surface area contributed by atoms with Gasteiger partial charge in [-0.2, -0.15) is 0 Å². The first-order valence-electron chi connectivity index (χ1n) is 8.20. The van der Waals surface area contributed by atoms with E-state index in [0.717, 1.165) is 19.4 Å². The van der Waals surface area contributed by atoms with Crippen molar-refractivity contribution in [2.24, 2.45) is 0 Å². The van der Waals surface area contributed by atoms with Crippen LogP contribution >= 0.6 is 0 Å². The lowest BCUT2D eigenvalue weighted by Crippen LogP contribution is -2.63. The molecule has 1 aliphatic heterocycles. The maximum absolute atomic E-state index is 6.20. The number of hydrogen-bond donors (Lipinski definition) is 1. The van der Waals surface area contributed by atoms with E-state index in [1.54, 1.807) is 0 Å². The van der Waals surface area contributed by atoms with Gasteiger partial charge in [-0.3, -0.25) is 0 Å². The van der Waals surface area contributed by atoms with E-state index in [1.807, 2.05) is 0 Å². The van der Waals surface area contributed by atoms with Crippen LogP contribution in [-0.2, 0) is 4.74 Å². The van der Waals surface area contributed by atoms with Crippen molar-refractivity contribution in [3.8, 4) is 0 Å². The Hall–Kier alpha value is -0.860. The molecule has 3 atom stereocenters. The highest BCUT2D eigenvalue weighted by molar-refractivity contribution is 5.21. The first kappa shape index (κ1) is 14.1. The van der Waals surface area contributed by atoms with Gasteiger partial charge in [-0.05, 0) is 43.6 Å². The molecule has 1 aromatic rings. The Kier molecular flexibility index (Phi) is 4.13. The number of hydrogen-bond acceptors (Lipinski definition) is 2. The highest BCUT2D eigenvalue weighted by Crippen LogP contribution is 2.38. The first-order valence-corrected chi connectivity index (χ1v) is 8.20. The second-order valence-electron chi connectivity index (χ2n) is 6.51. The summed E-state index contributed by atoms with van der Waals surface area (Å²) >= 11 is 0. The molecule has 1 aliphatic carbocycles. The standard InChI is InChI=1S/C18H27NO/c1-3-18(4-2)13-20-17-11-10-15(12-16(17)19-18)14-8-6-5-7-9-14/h5-9,15-17,19H,3-4,10-13H2,1-2H3.